The zero-order chi connectivity index (χ0) is 5.56. The van der Waals surface area contributed by atoms with E-state index in [0.29, 0.717) is 18.0 Å². The number of hydrogen-bond donors (Lipinski definition) is 0. The van der Waals surface area contributed by atoms with Gasteiger partial charge in [-0.1, -0.05) is 12.8 Å². The quantitative estimate of drug-likeness (QED) is 0.452. The van der Waals surface area contributed by atoms with Crippen LogP contribution >= 0.6 is 0 Å². The largest absolute Gasteiger partial charge is 0.240 e. The van der Waals surface area contributed by atoms with Gasteiger partial charge in [0.2, 0.25) is 0 Å². The Morgan fingerprint density at radius 3 is 2.00 bits per heavy atom. The van der Waals surface area contributed by atoms with Crippen molar-refractivity contribution in [3.63, 3.8) is 0 Å². The molecule has 2 rings (SSSR count). The molecule has 2 aliphatic carbocycles. The highest BCUT2D eigenvalue weighted by atomic mass is 19.1. The van der Waals surface area contributed by atoms with Gasteiger partial charge in [0.1, 0.15) is 0 Å². The summed E-state index contributed by atoms with van der Waals surface area (Å²) in [4.78, 5) is 0. The standard InChI is InChI=1S/C7H10F/c8-7-5-3-1-2-4-6(5)7/h5-6H,1-4H2. The summed E-state index contributed by atoms with van der Waals surface area (Å²) in [5.74, 6) is 0.840. The number of hydrogen-bond acceptors (Lipinski definition) is 0. The molecule has 2 aliphatic rings. The molecular weight excluding hydrogens is 103 g/mol. The van der Waals surface area contributed by atoms with Crippen molar-refractivity contribution in [2.24, 2.45) is 11.8 Å². The average molecular weight is 113 g/mol. The van der Waals surface area contributed by atoms with Gasteiger partial charge in [-0.25, -0.2) is 4.39 Å². The molecule has 0 N–H and O–H groups in total. The second kappa shape index (κ2) is 1.46. The molecule has 45 valence electrons. The van der Waals surface area contributed by atoms with Crippen LogP contribution in [-0.2, 0) is 0 Å². The predicted molar refractivity (Wildman–Crippen MR) is 29.8 cm³/mol. The number of rotatable bonds is 0. The van der Waals surface area contributed by atoms with E-state index in [-0.39, 0.29) is 0 Å². The molecule has 1 radical (unpaired) electrons. The second-order valence-electron chi connectivity index (χ2n) is 2.88. The van der Waals surface area contributed by atoms with Gasteiger partial charge in [0, 0.05) is 11.8 Å². The van der Waals surface area contributed by atoms with Gasteiger partial charge in [-0.2, -0.15) is 0 Å². The van der Waals surface area contributed by atoms with Crippen molar-refractivity contribution in [2.45, 2.75) is 25.7 Å². The van der Waals surface area contributed by atoms with Gasteiger partial charge >= 0.3 is 0 Å². The Kier molecular flexibility index (Phi) is 0.870. The number of halogens is 1. The third-order valence-electron chi connectivity index (χ3n) is 2.37. The summed E-state index contributed by atoms with van der Waals surface area (Å²) in [6, 6.07) is 0. The van der Waals surface area contributed by atoms with E-state index in [2.05, 4.69) is 0 Å². The maximum absolute atomic E-state index is 12.4. The van der Waals surface area contributed by atoms with E-state index in [1.807, 2.05) is 0 Å². The zero-order valence-corrected chi connectivity index (χ0v) is 4.86. The maximum atomic E-state index is 12.4. The topological polar surface area (TPSA) is 0 Å². The van der Waals surface area contributed by atoms with E-state index in [9.17, 15) is 4.39 Å². The second-order valence-corrected chi connectivity index (χ2v) is 2.88. The van der Waals surface area contributed by atoms with Crippen molar-refractivity contribution in [3.8, 4) is 0 Å². The van der Waals surface area contributed by atoms with Gasteiger partial charge in [-0.15, -0.1) is 0 Å². The van der Waals surface area contributed by atoms with Crippen molar-refractivity contribution in [2.75, 3.05) is 0 Å². The fourth-order valence-corrected chi connectivity index (χ4v) is 1.75. The van der Waals surface area contributed by atoms with Crippen molar-refractivity contribution >= 4 is 0 Å². The van der Waals surface area contributed by atoms with Crippen LogP contribution in [-0.4, -0.2) is 0 Å². The third-order valence-corrected chi connectivity index (χ3v) is 2.37. The van der Waals surface area contributed by atoms with E-state index in [1.165, 1.54) is 12.8 Å². The van der Waals surface area contributed by atoms with E-state index in [0.717, 1.165) is 12.8 Å². The van der Waals surface area contributed by atoms with Crippen LogP contribution in [0, 0.1) is 18.0 Å². The van der Waals surface area contributed by atoms with Gasteiger partial charge in [0.15, 0.2) is 6.17 Å². The van der Waals surface area contributed by atoms with Crippen LogP contribution in [0.3, 0.4) is 0 Å². The lowest BCUT2D eigenvalue weighted by Gasteiger charge is -2.03. The molecule has 0 bridgehead atoms. The molecular formula is C7H10F. The Morgan fingerprint density at radius 1 is 1.12 bits per heavy atom. The van der Waals surface area contributed by atoms with Gasteiger partial charge in [-0.05, 0) is 12.8 Å². The molecule has 0 amide bonds. The molecule has 2 unspecified atom stereocenters. The zero-order valence-electron chi connectivity index (χ0n) is 4.86. The highest BCUT2D eigenvalue weighted by Crippen LogP contribution is 2.57. The van der Waals surface area contributed by atoms with Gasteiger partial charge in [0.05, 0.1) is 0 Å². The Balaban J connectivity index is 1.97. The summed E-state index contributed by atoms with van der Waals surface area (Å²) in [6.07, 6.45) is 5.10. The normalized spacial score (nSPS) is 46.1. The molecule has 0 saturated heterocycles. The summed E-state index contributed by atoms with van der Waals surface area (Å²) in [7, 11) is 0. The highest BCUT2D eigenvalue weighted by Gasteiger charge is 2.52. The van der Waals surface area contributed by atoms with Crippen LogP contribution in [0.15, 0.2) is 0 Å². The lowest BCUT2D eigenvalue weighted by atomic mass is 10.0. The fraction of sp³-hybridized carbons (Fsp3) is 0.857. The lowest BCUT2D eigenvalue weighted by molar-refractivity contribution is 0.480. The molecule has 0 aromatic heterocycles. The monoisotopic (exact) mass is 113 g/mol. The van der Waals surface area contributed by atoms with Crippen LogP contribution < -0.4 is 0 Å². The van der Waals surface area contributed by atoms with E-state index < -0.39 is 0 Å². The van der Waals surface area contributed by atoms with Crippen LogP contribution in [0.2, 0.25) is 0 Å². The molecule has 0 aromatic rings. The smallest absolute Gasteiger partial charge is 0.151 e. The van der Waals surface area contributed by atoms with Crippen LogP contribution in [0.4, 0.5) is 4.39 Å². The summed E-state index contributed by atoms with van der Waals surface area (Å²) in [6.45, 7) is 0. The third kappa shape index (κ3) is 0.503. The minimum Gasteiger partial charge on any atom is -0.240 e. The first-order valence-electron chi connectivity index (χ1n) is 3.42. The molecule has 0 aromatic carbocycles. The maximum Gasteiger partial charge on any atom is 0.151 e. The van der Waals surface area contributed by atoms with Crippen molar-refractivity contribution in [3.05, 3.63) is 6.17 Å². The molecule has 8 heavy (non-hydrogen) atoms. The van der Waals surface area contributed by atoms with Crippen LogP contribution in [0.1, 0.15) is 25.7 Å². The Bertz CT molecular complexity index is 88.6. The first kappa shape index (κ1) is 4.78. The first-order chi connectivity index (χ1) is 3.89. The lowest BCUT2D eigenvalue weighted by Crippen LogP contribution is -1.91. The average Bonchev–Trinajstić information content (AvgIpc) is 2.46. The number of fused-ring (bicyclic) bond motifs is 1. The van der Waals surface area contributed by atoms with E-state index in [4.69, 9.17) is 0 Å². The van der Waals surface area contributed by atoms with Crippen molar-refractivity contribution < 1.29 is 4.39 Å². The molecule has 0 spiro atoms. The Labute approximate surface area is 49.1 Å². The predicted octanol–water partition coefficient (Wildman–Crippen LogP) is 2.31. The fourth-order valence-electron chi connectivity index (χ4n) is 1.75. The Morgan fingerprint density at radius 2 is 1.62 bits per heavy atom. The molecule has 1 heteroatoms. The van der Waals surface area contributed by atoms with E-state index >= 15 is 0 Å². The summed E-state index contributed by atoms with van der Waals surface area (Å²) < 4.78 is 12.4. The molecule has 0 aliphatic heterocycles. The molecule has 2 atom stereocenters. The molecule has 2 saturated carbocycles. The van der Waals surface area contributed by atoms with Gasteiger partial charge < -0.3 is 0 Å². The minimum absolute atomic E-state index is 0.308. The van der Waals surface area contributed by atoms with Gasteiger partial charge in [0.25, 0.3) is 0 Å². The molecule has 2 fully saturated rings. The first-order valence-corrected chi connectivity index (χ1v) is 3.42. The molecule has 0 heterocycles. The van der Waals surface area contributed by atoms with Crippen molar-refractivity contribution in [1.82, 2.24) is 0 Å². The van der Waals surface area contributed by atoms with E-state index in [1.54, 1.807) is 0 Å². The van der Waals surface area contributed by atoms with Crippen LogP contribution in [0.25, 0.3) is 0 Å². The Hall–Kier alpha value is -0.0700. The minimum atomic E-state index is 0.308. The SMILES string of the molecule is F[C]1C2CCCCC12. The summed E-state index contributed by atoms with van der Waals surface area (Å²) >= 11 is 0. The summed E-state index contributed by atoms with van der Waals surface area (Å²) in [5, 5.41) is 0. The molecule has 0 nitrogen and oxygen atoms in total. The van der Waals surface area contributed by atoms with Crippen molar-refractivity contribution in [1.29, 1.82) is 0 Å². The van der Waals surface area contributed by atoms with Crippen LogP contribution in [0.5, 0.6) is 0 Å². The highest BCUT2D eigenvalue weighted by molar-refractivity contribution is 5.14. The summed E-state index contributed by atoms with van der Waals surface area (Å²) in [5.41, 5.74) is 0. The van der Waals surface area contributed by atoms with Gasteiger partial charge in [-0.3, -0.25) is 0 Å².